The molecular weight excluding hydrogens is 278 g/mol. The molecule has 0 atom stereocenters. The fourth-order valence-electron chi connectivity index (χ4n) is 1.61. The Morgan fingerprint density at radius 2 is 2.20 bits per heavy atom. The Morgan fingerprint density at radius 3 is 2.80 bits per heavy atom. The van der Waals surface area contributed by atoms with Crippen LogP contribution in [0.25, 0.3) is 0 Å². The van der Waals surface area contributed by atoms with Gasteiger partial charge >= 0.3 is 0 Å². The number of sulfonamides is 1. The molecule has 116 valence electrons. The van der Waals surface area contributed by atoms with Crippen LogP contribution in [0.15, 0.2) is 17.3 Å². The van der Waals surface area contributed by atoms with Crippen LogP contribution in [-0.2, 0) is 16.6 Å². The van der Waals surface area contributed by atoms with Gasteiger partial charge in [0.1, 0.15) is 4.90 Å². The molecule has 0 radical (unpaired) electrons. The zero-order chi connectivity index (χ0) is 15.2. The van der Waals surface area contributed by atoms with Crippen molar-refractivity contribution >= 4 is 10.0 Å². The van der Waals surface area contributed by atoms with Crippen molar-refractivity contribution in [2.24, 2.45) is 5.73 Å². The van der Waals surface area contributed by atoms with Crippen molar-refractivity contribution in [3.8, 4) is 0 Å². The maximum absolute atomic E-state index is 12.0. The summed E-state index contributed by atoms with van der Waals surface area (Å²) in [4.78, 5) is 2.36. The molecule has 1 rings (SSSR count). The normalized spacial score (nSPS) is 12.5. The average molecular weight is 303 g/mol. The minimum atomic E-state index is -3.47. The summed E-state index contributed by atoms with van der Waals surface area (Å²) < 4.78 is 28.2. The smallest absolute Gasteiger partial charge is 0.243 e. The highest BCUT2D eigenvalue weighted by atomic mass is 32.2. The Balaban J connectivity index is 2.45. The predicted molar refractivity (Wildman–Crippen MR) is 78.9 cm³/mol. The fraction of sp³-hybridized carbons (Fsp3) is 0.750. The molecule has 20 heavy (non-hydrogen) atoms. The van der Waals surface area contributed by atoms with Crippen LogP contribution >= 0.6 is 0 Å². The summed E-state index contributed by atoms with van der Waals surface area (Å²) in [6.45, 7) is 6.42. The molecule has 1 aromatic rings. The fourth-order valence-corrected chi connectivity index (χ4v) is 2.64. The van der Waals surface area contributed by atoms with E-state index in [1.165, 1.54) is 17.1 Å². The molecular formula is C12H25N5O2S. The highest BCUT2D eigenvalue weighted by molar-refractivity contribution is 7.89. The van der Waals surface area contributed by atoms with E-state index in [0.717, 1.165) is 13.0 Å². The molecule has 0 fully saturated rings. The number of nitrogens with one attached hydrogen (secondary N) is 1. The SMILES string of the molecule is CC(C)N(C)CCCNS(=O)(=O)c1cnn(CCN)c1. The molecule has 1 heterocycles. The lowest BCUT2D eigenvalue weighted by Gasteiger charge is -2.20. The maximum Gasteiger partial charge on any atom is 0.243 e. The average Bonchev–Trinajstić information content (AvgIpc) is 2.84. The molecule has 0 aromatic carbocycles. The van der Waals surface area contributed by atoms with E-state index >= 15 is 0 Å². The van der Waals surface area contributed by atoms with Gasteiger partial charge in [0.15, 0.2) is 0 Å². The second kappa shape index (κ2) is 7.72. The van der Waals surface area contributed by atoms with Crippen molar-refractivity contribution in [3.05, 3.63) is 12.4 Å². The van der Waals surface area contributed by atoms with Crippen molar-refractivity contribution in [3.63, 3.8) is 0 Å². The standard InChI is InChI=1S/C12H25N5O2S/c1-11(2)16(3)7-4-6-15-20(18,19)12-9-14-17(10-12)8-5-13/h9-11,15H,4-8,13H2,1-3H3. The van der Waals surface area contributed by atoms with Gasteiger partial charge in [0, 0.05) is 25.3 Å². The van der Waals surface area contributed by atoms with Gasteiger partial charge in [-0.2, -0.15) is 5.10 Å². The third-order valence-corrected chi connectivity index (χ3v) is 4.55. The lowest BCUT2D eigenvalue weighted by molar-refractivity contribution is 0.271. The summed E-state index contributed by atoms with van der Waals surface area (Å²) in [6, 6.07) is 0.459. The van der Waals surface area contributed by atoms with E-state index in [-0.39, 0.29) is 4.90 Å². The first-order valence-electron chi connectivity index (χ1n) is 6.79. The Morgan fingerprint density at radius 1 is 1.50 bits per heavy atom. The lowest BCUT2D eigenvalue weighted by atomic mass is 10.3. The van der Waals surface area contributed by atoms with Gasteiger partial charge in [-0.15, -0.1) is 0 Å². The zero-order valence-electron chi connectivity index (χ0n) is 12.4. The van der Waals surface area contributed by atoms with E-state index < -0.39 is 10.0 Å². The number of nitrogens with two attached hydrogens (primary N) is 1. The second-order valence-electron chi connectivity index (χ2n) is 5.05. The molecule has 0 saturated carbocycles. The maximum atomic E-state index is 12.0. The van der Waals surface area contributed by atoms with Crippen molar-refractivity contribution in [2.45, 2.75) is 37.8 Å². The number of aromatic nitrogens is 2. The van der Waals surface area contributed by atoms with Gasteiger partial charge in [-0.3, -0.25) is 4.68 Å². The monoisotopic (exact) mass is 303 g/mol. The molecule has 0 unspecified atom stereocenters. The van der Waals surface area contributed by atoms with Gasteiger partial charge in [0.2, 0.25) is 10.0 Å². The van der Waals surface area contributed by atoms with E-state index in [1.807, 2.05) is 7.05 Å². The van der Waals surface area contributed by atoms with E-state index in [2.05, 4.69) is 28.6 Å². The summed E-state index contributed by atoms with van der Waals surface area (Å²) in [7, 11) is -1.44. The highest BCUT2D eigenvalue weighted by Crippen LogP contribution is 2.06. The first-order chi connectivity index (χ1) is 9.36. The molecule has 0 amide bonds. The zero-order valence-corrected chi connectivity index (χ0v) is 13.2. The van der Waals surface area contributed by atoms with E-state index in [1.54, 1.807) is 0 Å². The Hall–Kier alpha value is -0.960. The molecule has 0 aliphatic rings. The number of hydrogen-bond donors (Lipinski definition) is 2. The van der Waals surface area contributed by atoms with Gasteiger partial charge < -0.3 is 10.6 Å². The third kappa shape index (κ3) is 5.20. The molecule has 1 aromatic heterocycles. The second-order valence-corrected chi connectivity index (χ2v) is 6.82. The van der Waals surface area contributed by atoms with Crippen molar-refractivity contribution in [1.82, 2.24) is 19.4 Å². The summed E-state index contributed by atoms with van der Waals surface area (Å²) in [5.74, 6) is 0. The molecule has 0 aliphatic carbocycles. The van der Waals surface area contributed by atoms with Crippen LogP contribution in [0.3, 0.4) is 0 Å². The number of rotatable bonds is 9. The van der Waals surface area contributed by atoms with Gasteiger partial charge in [-0.05, 0) is 33.9 Å². The Kier molecular flexibility index (Phi) is 6.60. The van der Waals surface area contributed by atoms with Gasteiger partial charge in [0.05, 0.1) is 12.7 Å². The Bertz CT molecular complexity index is 498. The topological polar surface area (TPSA) is 93.2 Å². The molecule has 8 heteroatoms. The Labute approximate surface area is 121 Å². The van der Waals surface area contributed by atoms with E-state index in [4.69, 9.17) is 5.73 Å². The van der Waals surface area contributed by atoms with Gasteiger partial charge in [0.25, 0.3) is 0 Å². The molecule has 0 bridgehead atoms. The summed E-state index contributed by atoms with van der Waals surface area (Å²) in [6.07, 6.45) is 3.61. The van der Waals surface area contributed by atoms with Crippen LogP contribution in [0.1, 0.15) is 20.3 Å². The van der Waals surface area contributed by atoms with Crippen molar-refractivity contribution in [1.29, 1.82) is 0 Å². The summed E-state index contributed by atoms with van der Waals surface area (Å²) in [5, 5.41) is 3.96. The van der Waals surface area contributed by atoms with Crippen LogP contribution in [0.2, 0.25) is 0 Å². The van der Waals surface area contributed by atoms with Crippen LogP contribution in [0, 0.1) is 0 Å². The largest absolute Gasteiger partial charge is 0.329 e. The lowest BCUT2D eigenvalue weighted by Crippen LogP contribution is -2.31. The minimum absolute atomic E-state index is 0.183. The third-order valence-electron chi connectivity index (χ3n) is 3.14. The van der Waals surface area contributed by atoms with E-state index in [9.17, 15) is 8.42 Å². The van der Waals surface area contributed by atoms with Crippen LogP contribution in [0.4, 0.5) is 0 Å². The van der Waals surface area contributed by atoms with Crippen molar-refractivity contribution < 1.29 is 8.42 Å². The first kappa shape index (κ1) is 17.1. The van der Waals surface area contributed by atoms with Gasteiger partial charge in [-0.25, -0.2) is 13.1 Å². The van der Waals surface area contributed by atoms with Crippen LogP contribution < -0.4 is 10.5 Å². The summed E-state index contributed by atoms with van der Waals surface area (Å²) in [5.41, 5.74) is 5.40. The molecule has 0 aliphatic heterocycles. The van der Waals surface area contributed by atoms with Crippen molar-refractivity contribution in [2.75, 3.05) is 26.7 Å². The van der Waals surface area contributed by atoms with Crippen LogP contribution in [-0.4, -0.2) is 55.8 Å². The highest BCUT2D eigenvalue weighted by Gasteiger charge is 2.15. The minimum Gasteiger partial charge on any atom is -0.329 e. The molecule has 3 N–H and O–H groups in total. The number of nitrogens with zero attached hydrogens (tertiary/aromatic N) is 3. The summed E-state index contributed by atoms with van der Waals surface area (Å²) >= 11 is 0. The quantitative estimate of drug-likeness (QED) is 0.619. The molecule has 0 saturated heterocycles. The number of hydrogen-bond acceptors (Lipinski definition) is 5. The first-order valence-corrected chi connectivity index (χ1v) is 8.27. The van der Waals surface area contributed by atoms with E-state index in [0.29, 0.717) is 25.7 Å². The molecule has 0 spiro atoms. The van der Waals surface area contributed by atoms with Crippen LogP contribution in [0.5, 0.6) is 0 Å². The predicted octanol–water partition coefficient (Wildman–Crippen LogP) is -0.150. The van der Waals surface area contributed by atoms with Gasteiger partial charge in [-0.1, -0.05) is 0 Å². The molecule has 7 nitrogen and oxygen atoms in total.